The lowest BCUT2D eigenvalue weighted by atomic mass is 10.1. The Hall–Kier alpha value is -3.15. The number of carboxylic acid groups (broad SMARTS) is 2. The summed E-state index contributed by atoms with van der Waals surface area (Å²) in [5, 5.41) is 26.0. The molecule has 28 heavy (non-hydrogen) atoms. The highest BCUT2D eigenvalue weighted by Gasteiger charge is 2.26. The maximum atomic E-state index is 12.1. The van der Waals surface area contributed by atoms with Crippen molar-refractivity contribution in [2.45, 2.75) is 31.7 Å². The molecule has 2 N–H and O–H groups in total. The third-order valence-corrected chi connectivity index (χ3v) is 4.23. The molecule has 0 saturated carbocycles. The van der Waals surface area contributed by atoms with E-state index in [-0.39, 0.29) is 39.2 Å². The highest BCUT2D eigenvalue weighted by Crippen LogP contribution is 2.33. The van der Waals surface area contributed by atoms with Gasteiger partial charge in [-0.1, -0.05) is 11.8 Å². The molecule has 1 aromatic heterocycles. The van der Waals surface area contributed by atoms with Crippen LogP contribution in [0.25, 0.3) is 11.4 Å². The third-order valence-electron chi connectivity index (χ3n) is 3.28. The average molecular weight is 411 g/mol. The number of rotatable bonds is 10. The number of aromatic nitrogens is 3. The summed E-state index contributed by atoms with van der Waals surface area (Å²) in [5.41, 5.74) is 0.457. The Morgan fingerprint density at radius 2 is 1.96 bits per heavy atom. The molecule has 0 unspecified atom stereocenters. The monoisotopic (exact) mass is 411 g/mol. The minimum Gasteiger partial charge on any atom is -0.484 e. The molecule has 1 heterocycles. The lowest BCUT2D eigenvalue weighted by Crippen LogP contribution is -2.12. The molecule has 0 saturated heterocycles. The minimum atomic E-state index is -1.15. The van der Waals surface area contributed by atoms with Gasteiger partial charge in [0.1, 0.15) is 6.54 Å². The van der Waals surface area contributed by atoms with E-state index in [0.29, 0.717) is 5.56 Å². The summed E-state index contributed by atoms with van der Waals surface area (Å²) in [4.78, 5) is 39.1. The van der Waals surface area contributed by atoms with Crippen molar-refractivity contribution < 1.29 is 34.3 Å². The number of hydrogen-bond donors (Lipinski definition) is 2. The van der Waals surface area contributed by atoms with Gasteiger partial charge >= 0.3 is 17.6 Å². The summed E-state index contributed by atoms with van der Waals surface area (Å²) in [6, 6.07) is 4.57. The molecule has 0 bridgehead atoms. The molecular formula is C16H19N4O7S+. The van der Waals surface area contributed by atoms with Gasteiger partial charge in [0, 0.05) is 11.6 Å². The summed E-state index contributed by atoms with van der Waals surface area (Å²) >= 11 is 0.844. The molecular weight excluding hydrogens is 392 g/mol. The van der Waals surface area contributed by atoms with Crippen LogP contribution < -0.4 is 4.74 Å². The Labute approximate surface area is 163 Å². The lowest BCUT2D eigenvalue weighted by molar-refractivity contribution is -0.736. The van der Waals surface area contributed by atoms with Gasteiger partial charge in [0.15, 0.2) is 18.1 Å². The van der Waals surface area contributed by atoms with Crippen LogP contribution in [0.15, 0.2) is 23.4 Å². The van der Waals surface area contributed by atoms with Gasteiger partial charge in [0.2, 0.25) is 5.75 Å². The van der Waals surface area contributed by atoms with Crippen molar-refractivity contribution in [2.24, 2.45) is 0 Å². The maximum absolute atomic E-state index is 12.1. The van der Waals surface area contributed by atoms with E-state index in [2.05, 4.69) is 10.2 Å². The molecule has 0 radical (unpaired) electrons. The van der Waals surface area contributed by atoms with E-state index in [1.807, 2.05) is 0 Å². The van der Waals surface area contributed by atoms with Crippen molar-refractivity contribution in [1.82, 2.24) is 14.8 Å². The van der Waals surface area contributed by atoms with Crippen LogP contribution in [0.3, 0.4) is 0 Å². The summed E-state index contributed by atoms with van der Waals surface area (Å²) in [6.45, 7) is 3.12. The van der Waals surface area contributed by atoms with Gasteiger partial charge in [0.05, 0.1) is 16.8 Å². The summed E-state index contributed by atoms with van der Waals surface area (Å²) in [7, 11) is 1.20. The fourth-order valence-corrected chi connectivity index (χ4v) is 2.92. The molecule has 0 spiro atoms. The van der Waals surface area contributed by atoms with Gasteiger partial charge in [-0.15, -0.1) is 10.2 Å². The first-order chi connectivity index (χ1) is 13.2. The summed E-state index contributed by atoms with van der Waals surface area (Å²) < 4.78 is 6.86. The molecule has 2 aromatic rings. The van der Waals surface area contributed by atoms with E-state index in [0.717, 1.165) is 11.8 Å². The second-order valence-corrected chi connectivity index (χ2v) is 6.70. The molecule has 1 aromatic carbocycles. The van der Waals surface area contributed by atoms with E-state index in [9.17, 15) is 19.6 Å². The Balaban J connectivity index is 2.52. The van der Waals surface area contributed by atoms with Crippen molar-refractivity contribution in [3.05, 3.63) is 23.1 Å². The van der Waals surface area contributed by atoms with Crippen molar-refractivity contribution in [3.63, 3.8) is 0 Å². The number of hydrogen-bond acceptors (Lipinski definition) is 8. The molecule has 0 atom stereocenters. The molecule has 0 amide bonds. The minimum absolute atomic E-state index is 0.0679. The first-order valence-electron chi connectivity index (χ1n) is 8.05. The zero-order valence-corrected chi connectivity index (χ0v) is 16.2. The highest BCUT2D eigenvalue weighted by atomic mass is 32.2. The zero-order chi connectivity index (χ0) is 20.8. The van der Waals surface area contributed by atoms with Crippen LogP contribution in [0.2, 0.25) is 0 Å². The van der Waals surface area contributed by atoms with Gasteiger partial charge in [-0.05, 0) is 26.0 Å². The predicted molar refractivity (Wildman–Crippen MR) is 97.5 cm³/mol. The van der Waals surface area contributed by atoms with Gasteiger partial charge in [0.25, 0.3) is 4.92 Å². The number of carbonyl (C=O) groups is 2. The molecule has 0 fully saturated rings. The number of nitrogens with zero attached hydrogens (tertiary/aromatic N) is 4. The van der Waals surface area contributed by atoms with Gasteiger partial charge in [-0.3, -0.25) is 14.2 Å². The van der Waals surface area contributed by atoms with Crippen LogP contribution in [0.5, 0.6) is 5.75 Å². The summed E-state index contributed by atoms with van der Waals surface area (Å²) in [6.07, 6.45) is -0.190. The molecule has 11 nitrogen and oxygen atoms in total. The van der Waals surface area contributed by atoms with E-state index < -0.39 is 18.5 Å². The third kappa shape index (κ3) is 5.19. The van der Waals surface area contributed by atoms with Crippen LogP contribution >= 0.6 is 11.8 Å². The van der Waals surface area contributed by atoms with Crippen LogP contribution in [-0.4, -0.2) is 60.8 Å². The summed E-state index contributed by atoms with van der Waals surface area (Å²) in [5.74, 6) is -2.09. The number of benzene rings is 1. The first kappa shape index (κ1) is 21.2. The Morgan fingerprint density at radius 3 is 2.54 bits per heavy atom. The first-order valence-corrected chi connectivity index (χ1v) is 9.03. The molecule has 0 aliphatic rings. The SMILES string of the molecule is CO[N+](=O)c1cc(-c2nnc(SCC(=O)O)n2CC(=O)O)ccc1OC(C)C. The topological polar surface area (TPSA) is 144 Å². The fourth-order valence-electron chi connectivity index (χ4n) is 2.26. The molecule has 0 aliphatic carbocycles. The van der Waals surface area contributed by atoms with Gasteiger partial charge < -0.3 is 14.9 Å². The Morgan fingerprint density at radius 1 is 1.25 bits per heavy atom. The zero-order valence-electron chi connectivity index (χ0n) is 15.4. The largest absolute Gasteiger partial charge is 0.484 e. The highest BCUT2D eigenvalue weighted by molar-refractivity contribution is 7.99. The van der Waals surface area contributed by atoms with Crippen molar-refractivity contribution >= 4 is 29.4 Å². The standard InChI is InChI=1S/C16H18N4O7S/c1-9(2)27-12-5-4-10(6-11(12)20(25)26-3)15-17-18-16(28-8-14(23)24)19(15)7-13(21)22/h4-6,9H,7-8H2,1-3H3,(H-,21,22,23,24)/p+1. The van der Waals surface area contributed by atoms with E-state index >= 15 is 0 Å². The number of thioether (sulfide) groups is 1. The molecule has 150 valence electrons. The predicted octanol–water partition coefficient (Wildman–Crippen LogP) is 1.97. The second kappa shape index (κ2) is 9.17. The number of ether oxygens (including phenoxy) is 1. The Kier molecular flexibility index (Phi) is 6.93. The van der Waals surface area contributed by atoms with Gasteiger partial charge in [-0.25, -0.2) is 4.84 Å². The fraction of sp³-hybridized carbons (Fsp3) is 0.375. The van der Waals surface area contributed by atoms with E-state index in [4.69, 9.17) is 14.7 Å². The second-order valence-electron chi connectivity index (χ2n) is 5.76. The molecule has 0 aliphatic heterocycles. The number of carboxylic acids is 2. The lowest BCUT2D eigenvalue weighted by Gasteiger charge is -2.11. The van der Waals surface area contributed by atoms with Crippen molar-refractivity contribution in [2.75, 3.05) is 12.9 Å². The van der Waals surface area contributed by atoms with E-state index in [1.165, 1.54) is 17.7 Å². The number of aliphatic carboxylic acids is 2. The maximum Gasteiger partial charge on any atom is 0.358 e. The smallest absolute Gasteiger partial charge is 0.358 e. The quantitative estimate of drug-likeness (QED) is 0.440. The van der Waals surface area contributed by atoms with Crippen molar-refractivity contribution in [3.8, 4) is 17.1 Å². The van der Waals surface area contributed by atoms with Crippen LogP contribution in [-0.2, 0) is 21.0 Å². The van der Waals surface area contributed by atoms with Gasteiger partial charge in [-0.2, -0.15) is 0 Å². The molecule has 12 heteroatoms. The average Bonchev–Trinajstić information content (AvgIpc) is 3.01. The Bertz CT molecular complexity index is 897. The van der Waals surface area contributed by atoms with E-state index in [1.54, 1.807) is 26.0 Å². The van der Waals surface area contributed by atoms with Crippen LogP contribution in [0.4, 0.5) is 5.69 Å². The molecule has 2 rings (SSSR count). The van der Waals surface area contributed by atoms with Crippen LogP contribution in [0.1, 0.15) is 13.8 Å². The van der Waals surface area contributed by atoms with Crippen molar-refractivity contribution in [1.29, 1.82) is 0 Å². The van der Waals surface area contributed by atoms with Crippen LogP contribution in [0, 0.1) is 4.91 Å². The normalized spacial score (nSPS) is 10.7.